The molecule has 1 unspecified atom stereocenters. The number of imidazole rings is 1. The number of phenolic OH excluding ortho intramolecular Hbond substituents is 1. The largest absolute Gasteiger partial charge is 0.507 e. The maximum absolute atomic E-state index is 10.8. The number of aryl methyl sites for hydroxylation is 1. The van der Waals surface area contributed by atoms with Gasteiger partial charge in [-0.05, 0) is 46.1 Å². The standard InChI is InChI=1S/C17H17BrN2O3/c1-3-13-16(17(22)10-4-5-14(21)12(18)8-10)20-7-6-11(23-2)9-15(20)19-13/h4-9,17,21-22H,3H2,1-2H3. The van der Waals surface area contributed by atoms with E-state index >= 15 is 0 Å². The molecule has 0 saturated carbocycles. The van der Waals surface area contributed by atoms with Gasteiger partial charge in [0.25, 0.3) is 0 Å². The maximum atomic E-state index is 10.8. The summed E-state index contributed by atoms with van der Waals surface area (Å²) in [5, 5.41) is 20.5. The summed E-state index contributed by atoms with van der Waals surface area (Å²) in [6.07, 6.45) is 1.70. The monoisotopic (exact) mass is 376 g/mol. The lowest BCUT2D eigenvalue weighted by atomic mass is 10.0. The molecule has 2 aromatic heterocycles. The number of hydrogen-bond donors (Lipinski definition) is 2. The second-order valence-corrected chi connectivity index (χ2v) is 6.06. The first-order valence-electron chi connectivity index (χ1n) is 7.26. The summed E-state index contributed by atoms with van der Waals surface area (Å²) in [5.74, 6) is 0.859. The average molecular weight is 377 g/mol. The summed E-state index contributed by atoms with van der Waals surface area (Å²) in [5.41, 5.74) is 2.97. The van der Waals surface area contributed by atoms with Crippen LogP contribution >= 0.6 is 15.9 Å². The number of hydrogen-bond acceptors (Lipinski definition) is 4. The Morgan fingerprint density at radius 1 is 1.30 bits per heavy atom. The van der Waals surface area contributed by atoms with Gasteiger partial charge in [0.2, 0.25) is 0 Å². The molecule has 120 valence electrons. The third kappa shape index (κ3) is 2.80. The average Bonchev–Trinajstić information content (AvgIpc) is 2.94. The quantitative estimate of drug-likeness (QED) is 0.731. The van der Waals surface area contributed by atoms with E-state index in [-0.39, 0.29) is 5.75 Å². The Labute approximate surface area is 142 Å². The molecule has 23 heavy (non-hydrogen) atoms. The maximum Gasteiger partial charge on any atom is 0.141 e. The molecule has 0 aliphatic carbocycles. The number of ether oxygens (including phenoxy) is 1. The van der Waals surface area contributed by atoms with Crippen LogP contribution in [-0.4, -0.2) is 26.7 Å². The number of nitrogens with zero attached hydrogens (tertiary/aromatic N) is 2. The van der Waals surface area contributed by atoms with Gasteiger partial charge in [0, 0.05) is 12.3 Å². The van der Waals surface area contributed by atoms with E-state index in [0.29, 0.717) is 16.5 Å². The Kier molecular flexibility index (Phi) is 4.28. The first-order chi connectivity index (χ1) is 11.0. The zero-order valence-corrected chi connectivity index (χ0v) is 14.4. The predicted octanol–water partition coefficient (Wildman–Crippen LogP) is 3.46. The molecule has 0 radical (unpaired) electrons. The number of phenols is 1. The number of pyridine rings is 1. The number of aliphatic hydroxyl groups excluding tert-OH is 1. The van der Waals surface area contributed by atoms with E-state index in [1.165, 1.54) is 0 Å². The van der Waals surface area contributed by atoms with Gasteiger partial charge in [0.1, 0.15) is 23.3 Å². The summed E-state index contributed by atoms with van der Waals surface area (Å²) in [4.78, 5) is 4.59. The molecule has 0 aliphatic heterocycles. The Hall–Kier alpha value is -2.05. The van der Waals surface area contributed by atoms with Crippen molar-refractivity contribution in [2.75, 3.05) is 7.11 Å². The molecule has 0 fully saturated rings. The lowest BCUT2D eigenvalue weighted by molar-refractivity contribution is 0.213. The van der Waals surface area contributed by atoms with Gasteiger partial charge in [-0.2, -0.15) is 0 Å². The van der Waals surface area contributed by atoms with Gasteiger partial charge < -0.3 is 19.4 Å². The normalized spacial score (nSPS) is 12.5. The smallest absolute Gasteiger partial charge is 0.141 e. The third-order valence-electron chi connectivity index (χ3n) is 3.83. The molecule has 2 heterocycles. The molecule has 1 aromatic carbocycles. The summed E-state index contributed by atoms with van der Waals surface area (Å²) >= 11 is 3.28. The number of rotatable bonds is 4. The van der Waals surface area contributed by atoms with Crippen LogP contribution in [0.15, 0.2) is 41.0 Å². The second-order valence-electron chi connectivity index (χ2n) is 5.21. The lowest BCUT2D eigenvalue weighted by Crippen LogP contribution is -2.06. The number of aromatic nitrogens is 2. The minimum Gasteiger partial charge on any atom is -0.507 e. The van der Waals surface area contributed by atoms with Gasteiger partial charge >= 0.3 is 0 Å². The van der Waals surface area contributed by atoms with Crippen LogP contribution in [0.25, 0.3) is 5.65 Å². The van der Waals surface area contributed by atoms with Gasteiger partial charge in [0.15, 0.2) is 0 Å². The number of methoxy groups -OCH3 is 1. The summed E-state index contributed by atoms with van der Waals surface area (Å²) in [6.45, 7) is 2.00. The molecular formula is C17H17BrN2O3. The van der Waals surface area contributed by atoms with E-state index in [4.69, 9.17) is 4.74 Å². The zero-order chi connectivity index (χ0) is 16.6. The van der Waals surface area contributed by atoms with E-state index in [9.17, 15) is 10.2 Å². The highest BCUT2D eigenvalue weighted by atomic mass is 79.9. The van der Waals surface area contributed by atoms with E-state index in [1.807, 2.05) is 29.7 Å². The van der Waals surface area contributed by atoms with Crippen LogP contribution in [0.1, 0.15) is 30.0 Å². The summed E-state index contributed by atoms with van der Waals surface area (Å²) in [6, 6.07) is 8.63. The highest BCUT2D eigenvalue weighted by Crippen LogP contribution is 2.32. The number of halogens is 1. The van der Waals surface area contributed by atoms with Gasteiger partial charge in [-0.25, -0.2) is 4.98 Å². The first kappa shape index (κ1) is 15.8. The van der Waals surface area contributed by atoms with E-state index in [0.717, 1.165) is 22.8 Å². The van der Waals surface area contributed by atoms with Crippen LogP contribution < -0.4 is 4.74 Å². The SMILES string of the molecule is CCc1nc2cc(OC)ccn2c1C(O)c1ccc(O)c(Br)c1. The van der Waals surface area contributed by atoms with Crippen molar-refractivity contribution in [3.8, 4) is 11.5 Å². The molecule has 0 amide bonds. The minimum absolute atomic E-state index is 0.138. The molecule has 2 N–H and O–H groups in total. The van der Waals surface area contributed by atoms with Crippen molar-refractivity contribution in [2.24, 2.45) is 0 Å². The Morgan fingerprint density at radius 3 is 2.74 bits per heavy atom. The summed E-state index contributed by atoms with van der Waals surface area (Å²) in [7, 11) is 1.61. The van der Waals surface area contributed by atoms with Crippen molar-refractivity contribution >= 4 is 21.6 Å². The molecule has 6 heteroatoms. The molecule has 5 nitrogen and oxygen atoms in total. The van der Waals surface area contributed by atoms with Crippen molar-refractivity contribution in [1.82, 2.24) is 9.38 Å². The Bertz CT molecular complexity index is 860. The van der Waals surface area contributed by atoms with E-state index < -0.39 is 6.10 Å². The van der Waals surface area contributed by atoms with Gasteiger partial charge in [0.05, 0.1) is 23.0 Å². The number of aromatic hydroxyl groups is 1. The molecule has 0 spiro atoms. The van der Waals surface area contributed by atoms with Crippen LogP contribution in [0, 0.1) is 0 Å². The fourth-order valence-corrected chi connectivity index (χ4v) is 3.02. The Morgan fingerprint density at radius 2 is 2.09 bits per heavy atom. The third-order valence-corrected chi connectivity index (χ3v) is 4.46. The molecule has 0 aliphatic rings. The van der Waals surface area contributed by atoms with Gasteiger partial charge in [-0.3, -0.25) is 0 Å². The lowest BCUT2D eigenvalue weighted by Gasteiger charge is -2.14. The van der Waals surface area contributed by atoms with Crippen LogP contribution in [0.5, 0.6) is 11.5 Å². The molecule has 1 atom stereocenters. The van der Waals surface area contributed by atoms with Gasteiger partial charge in [-0.15, -0.1) is 0 Å². The highest BCUT2D eigenvalue weighted by molar-refractivity contribution is 9.10. The van der Waals surface area contributed by atoms with E-state index in [1.54, 1.807) is 25.3 Å². The number of benzene rings is 1. The van der Waals surface area contributed by atoms with Crippen molar-refractivity contribution in [3.05, 3.63) is 58.0 Å². The second kappa shape index (κ2) is 6.22. The first-order valence-corrected chi connectivity index (χ1v) is 8.05. The van der Waals surface area contributed by atoms with Crippen molar-refractivity contribution < 1.29 is 14.9 Å². The number of fused-ring (bicyclic) bond motifs is 1. The summed E-state index contributed by atoms with van der Waals surface area (Å²) < 4.78 is 7.64. The van der Waals surface area contributed by atoms with Crippen molar-refractivity contribution in [1.29, 1.82) is 0 Å². The molecular weight excluding hydrogens is 360 g/mol. The molecule has 3 aromatic rings. The predicted molar refractivity (Wildman–Crippen MR) is 91.0 cm³/mol. The number of aliphatic hydroxyl groups is 1. The molecule has 3 rings (SSSR count). The minimum atomic E-state index is -0.842. The Balaban J connectivity index is 2.15. The topological polar surface area (TPSA) is 67.0 Å². The highest BCUT2D eigenvalue weighted by Gasteiger charge is 2.21. The fourth-order valence-electron chi connectivity index (χ4n) is 2.62. The molecule has 0 saturated heterocycles. The van der Waals surface area contributed by atoms with Crippen LogP contribution in [0.2, 0.25) is 0 Å². The van der Waals surface area contributed by atoms with Crippen LogP contribution in [0.3, 0.4) is 0 Å². The zero-order valence-electron chi connectivity index (χ0n) is 12.8. The van der Waals surface area contributed by atoms with E-state index in [2.05, 4.69) is 20.9 Å². The van der Waals surface area contributed by atoms with Gasteiger partial charge in [-0.1, -0.05) is 13.0 Å². The van der Waals surface area contributed by atoms with Crippen molar-refractivity contribution in [3.63, 3.8) is 0 Å². The van der Waals surface area contributed by atoms with Crippen molar-refractivity contribution in [2.45, 2.75) is 19.4 Å². The van der Waals surface area contributed by atoms with Crippen LogP contribution in [0.4, 0.5) is 0 Å². The fraction of sp³-hybridized carbons (Fsp3) is 0.235. The molecule has 0 bridgehead atoms. The van der Waals surface area contributed by atoms with Crippen LogP contribution in [-0.2, 0) is 6.42 Å².